The van der Waals surface area contributed by atoms with Crippen LogP contribution >= 0.6 is 27.3 Å². The highest BCUT2D eigenvalue weighted by molar-refractivity contribution is 9.10. The topological polar surface area (TPSA) is 90.9 Å². The van der Waals surface area contributed by atoms with Gasteiger partial charge in [-0.05, 0) is 27.6 Å². The molecule has 122 valence electrons. The summed E-state index contributed by atoms with van der Waals surface area (Å²) in [6, 6.07) is 9.28. The van der Waals surface area contributed by atoms with E-state index in [9.17, 15) is 10.1 Å². The highest BCUT2D eigenvalue weighted by atomic mass is 79.9. The van der Waals surface area contributed by atoms with Crippen LogP contribution in [0.5, 0.6) is 0 Å². The van der Waals surface area contributed by atoms with E-state index < -0.39 is 0 Å². The van der Waals surface area contributed by atoms with Gasteiger partial charge in [-0.25, -0.2) is 4.98 Å². The summed E-state index contributed by atoms with van der Waals surface area (Å²) in [6.07, 6.45) is 0. The molecule has 0 atom stereocenters. The molecule has 0 aliphatic heterocycles. The van der Waals surface area contributed by atoms with Crippen LogP contribution in [-0.2, 0) is 6.54 Å². The van der Waals surface area contributed by atoms with Gasteiger partial charge in [0.05, 0.1) is 29.3 Å². The highest BCUT2D eigenvalue weighted by Crippen LogP contribution is 2.27. The van der Waals surface area contributed by atoms with Gasteiger partial charge in [0.1, 0.15) is 10.2 Å². The first-order valence-corrected chi connectivity index (χ1v) is 8.83. The molecule has 0 saturated heterocycles. The van der Waals surface area contributed by atoms with Crippen molar-refractivity contribution in [2.75, 3.05) is 18.5 Å². The van der Waals surface area contributed by atoms with E-state index in [1.54, 1.807) is 12.1 Å². The van der Waals surface area contributed by atoms with Crippen molar-refractivity contribution in [1.82, 2.24) is 9.55 Å². The third-order valence-corrected chi connectivity index (χ3v) is 5.36. The number of rotatable bonds is 5. The fourth-order valence-corrected chi connectivity index (χ4v) is 3.87. The van der Waals surface area contributed by atoms with E-state index in [1.165, 1.54) is 15.9 Å². The summed E-state index contributed by atoms with van der Waals surface area (Å²) in [7, 11) is 0. The van der Waals surface area contributed by atoms with E-state index in [2.05, 4.69) is 32.3 Å². The van der Waals surface area contributed by atoms with E-state index in [-0.39, 0.29) is 25.3 Å². The Hall–Kier alpha value is -2.21. The van der Waals surface area contributed by atoms with Crippen molar-refractivity contribution in [2.24, 2.45) is 0 Å². The number of aromatic nitrogens is 2. The monoisotopic (exact) mass is 404 g/mol. The molecule has 6 nitrogen and oxygen atoms in total. The molecule has 0 spiro atoms. The SMILES string of the molecule is N#Cc1ccccc1Cn1c(NCCO)nc2c(Br)csc2c1=O. The summed E-state index contributed by atoms with van der Waals surface area (Å²) in [6.45, 7) is 0.432. The maximum atomic E-state index is 12.9. The van der Waals surface area contributed by atoms with Crippen molar-refractivity contribution in [3.05, 3.63) is 55.6 Å². The zero-order valence-electron chi connectivity index (χ0n) is 12.5. The molecule has 2 heterocycles. The van der Waals surface area contributed by atoms with Crippen molar-refractivity contribution < 1.29 is 5.11 Å². The molecule has 0 aliphatic rings. The first-order chi connectivity index (χ1) is 11.7. The Labute approximate surface area is 150 Å². The average Bonchev–Trinajstić information content (AvgIpc) is 2.97. The summed E-state index contributed by atoms with van der Waals surface area (Å²) in [5.41, 5.74) is 1.68. The predicted octanol–water partition coefficient (Wildman–Crippen LogP) is 2.54. The average molecular weight is 405 g/mol. The van der Waals surface area contributed by atoms with Gasteiger partial charge in [0.2, 0.25) is 5.95 Å². The Morgan fingerprint density at radius 1 is 1.42 bits per heavy atom. The molecular formula is C16H13BrN4O2S. The lowest BCUT2D eigenvalue weighted by molar-refractivity contribution is 0.310. The standard InChI is InChI=1S/C16H13BrN4O2S/c17-12-9-24-14-13(12)20-16(19-5-6-22)21(15(14)23)8-11-4-2-1-3-10(11)7-18/h1-4,9,22H,5-6,8H2,(H,19,20). The van der Waals surface area contributed by atoms with E-state index in [0.717, 1.165) is 10.0 Å². The van der Waals surface area contributed by atoms with Crippen molar-refractivity contribution >= 4 is 43.4 Å². The van der Waals surface area contributed by atoms with Gasteiger partial charge in [-0.15, -0.1) is 11.3 Å². The van der Waals surface area contributed by atoms with E-state index in [0.29, 0.717) is 21.7 Å². The van der Waals surface area contributed by atoms with Gasteiger partial charge in [0.25, 0.3) is 5.56 Å². The third-order valence-electron chi connectivity index (χ3n) is 3.50. The van der Waals surface area contributed by atoms with Gasteiger partial charge in [0, 0.05) is 11.9 Å². The largest absolute Gasteiger partial charge is 0.395 e. The van der Waals surface area contributed by atoms with Crippen molar-refractivity contribution in [2.45, 2.75) is 6.54 Å². The molecule has 2 aromatic heterocycles. The Balaban J connectivity index is 2.16. The zero-order chi connectivity index (χ0) is 17.1. The number of aliphatic hydroxyl groups is 1. The minimum atomic E-state index is -0.177. The van der Waals surface area contributed by atoms with Gasteiger partial charge in [-0.3, -0.25) is 9.36 Å². The summed E-state index contributed by atoms with van der Waals surface area (Å²) < 4.78 is 2.80. The molecule has 3 rings (SSSR count). The van der Waals surface area contributed by atoms with Crippen LogP contribution in [0.2, 0.25) is 0 Å². The molecule has 1 aromatic carbocycles. The molecule has 0 unspecified atom stereocenters. The molecular weight excluding hydrogens is 392 g/mol. The Morgan fingerprint density at radius 2 is 2.21 bits per heavy atom. The number of fused-ring (bicyclic) bond motifs is 1. The fourth-order valence-electron chi connectivity index (χ4n) is 2.36. The number of hydrogen-bond acceptors (Lipinski definition) is 6. The van der Waals surface area contributed by atoms with Crippen LogP contribution in [0.25, 0.3) is 10.2 Å². The van der Waals surface area contributed by atoms with E-state index in [1.807, 2.05) is 17.5 Å². The highest BCUT2D eigenvalue weighted by Gasteiger charge is 2.15. The molecule has 0 aliphatic carbocycles. The van der Waals surface area contributed by atoms with Crippen LogP contribution in [0.3, 0.4) is 0 Å². The number of benzene rings is 1. The Kier molecular flexibility index (Phi) is 4.94. The number of halogens is 1. The molecule has 0 fully saturated rings. The minimum absolute atomic E-state index is 0.0759. The normalized spacial score (nSPS) is 10.7. The van der Waals surface area contributed by atoms with E-state index >= 15 is 0 Å². The van der Waals surface area contributed by atoms with Gasteiger partial charge < -0.3 is 10.4 Å². The third kappa shape index (κ3) is 3.06. The quantitative estimate of drug-likeness (QED) is 0.681. The molecule has 0 bridgehead atoms. The molecule has 0 amide bonds. The summed E-state index contributed by atoms with van der Waals surface area (Å²) in [4.78, 5) is 17.4. The van der Waals surface area contributed by atoms with E-state index in [4.69, 9.17) is 5.11 Å². The zero-order valence-corrected chi connectivity index (χ0v) is 14.9. The second-order valence-electron chi connectivity index (χ2n) is 5.01. The van der Waals surface area contributed by atoms with Crippen LogP contribution in [-0.4, -0.2) is 27.8 Å². The summed E-state index contributed by atoms with van der Waals surface area (Å²) in [5.74, 6) is 0.369. The number of anilines is 1. The molecule has 0 saturated carbocycles. The molecule has 24 heavy (non-hydrogen) atoms. The molecule has 2 N–H and O–H groups in total. The smallest absolute Gasteiger partial charge is 0.273 e. The molecule has 3 aromatic rings. The Bertz CT molecular complexity index is 990. The van der Waals surface area contributed by atoms with Crippen molar-refractivity contribution in [3.8, 4) is 6.07 Å². The lowest BCUT2D eigenvalue weighted by Gasteiger charge is -2.14. The molecule has 0 radical (unpaired) electrons. The number of hydrogen-bond donors (Lipinski definition) is 2. The predicted molar refractivity (Wildman–Crippen MR) is 97.4 cm³/mol. The van der Waals surface area contributed by atoms with Crippen LogP contribution in [0.15, 0.2) is 38.9 Å². The fraction of sp³-hybridized carbons (Fsp3) is 0.188. The number of nitrogens with one attached hydrogen (secondary N) is 1. The van der Waals surface area contributed by atoms with Gasteiger partial charge >= 0.3 is 0 Å². The minimum Gasteiger partial charge on any atom is -0.395 e. The molecule has 8 heteroatoms. The summed E-state index contributed by atoms with van der Waals surface area (Å²) in [5, 5.41) is 23.1. The maximum Gasteiger partial charge on any atom is 0.273 e. The van der Waals surface area contributed by atoms with Crippen LogP contribution < -0.4 is 10.9 Å². The van der Waals surface area contributed by atoms with Gasteiger partial charge in [-0.2, -0.15) is 5.26 Å². The summed E-state index contributed by atoms with van der Waals surface area (Å²) >= 11 is 4.72. The Morgan fingerprint density at radius 3 is 2.96 bits per heavy atom. The second kappa shape index (κ2) is 7.13. The second-order valence-corrected chi connectivity index (χ2v) is 6.74. The van der Waals surface area contributed by atoms with Crippen molar-refractivity contribution in [3.63, 3.8) is 0 Å². The maximum absolute atomic E-state index is 12.9. The number of aliphatic hydroxyl groups excluding tert-OH is 1. The number of nitriles is 1. The van der Waals surface area contributed by atoms with Gasteiger partial charge in [0.15, 0.2) is 0 Å². The van der Waals surface area contributed by atoms with Gasteiger partial charge in [-0.1, -0.05) is 18.2 Å². The van der Waals surface area contributed by atoms with Crippen LogP contribution in [0.1, 0.15) is 11.1 Å². The van der Waals surface area contributed by atoms with Crippen LogP contribution in [0, 0.1) is 11.3 Å². The first-order valence-electron chi connectivity index (χ1n) is 7.16. The lowest BCUT2D eigenvalue weighted by Crippen LogP contribution is -2.26. The van der Waals surface area contributed by atoms with Crippen molar-refractivity contribution in [1.29, 1.82) is 5.26 Å². The van der Waals surface area contributed by atoms with Crippen LogP contribution in [0.4, 0.5) is 5.95 Å². The number of thiophene rings is 1. The lowest BCUT2D eigenvalue weighted by atomic mass is 10.1. The number of nitrogens with zero attached hydrogens (tertiary/aromatic N) is 3. The first kappa shape index (κ1) is 16.6.